The summed E-state index contributed by atoms with van der Waals surface area (Å²) in [6.07, 6.45) is 0. The molecule has 0 amide bonds. The smallest absolute Gasteiger partial charge is 0.482 e. The Labute approximate surface area is 76.1 Å². The number of aryl methyl sites for hydroxylation is 2. The molecule has 0 aliphatic carbocycles. The average molecular weight is 162 g/mol. The van der Waals surface area contributed by atoms with E-state index in [1.54, 1.807) is 0 Å². The maximum absolute atomic E-state index is 5.17. The van der Waals surface area contributed by atoms with Crippen molar-refractivity contribution in [2.24, 2.45) is 0 Å². The number of hydrogen-bond acceptors (Lipinski definition) is 1. The first-order valence-corrected chi connectivity index (χ1v) is 4.07. The molecule has 1 nitrogen and oxygen atoms in total. The van der Waals surface area contributed by atoms with E-state index >= 15 is 0 Å². The van der Waals surface area contributed by atoms with Crippen LogP contribution in [-0.4, -0.2) is 16.6 Å². The van der Waals surface area contributed by atoms with Crippen LogP contribution in [0.3, 0.4) is 0 Å². The molecular formula is C9H11AlO. The summed E-state index contributed by atoms with van der Waals surface area (Å²) in [5.74, 6) is 0.981. The summed E-state index contributed by atoms with van der Waals surface area (Å²) in [5, 5.41) is 0. The predicted molar refractivity (Wildman–Crippen MR) is 47.0 cm³/mol. The van der Waals surface area contributed by atoms with Gasteiger partial charge in [0.2, 0.25) is 0 Å². The zero-order valence-electron chi connectivity index (χ0n) is 7.14. The summed E-state index contributed by atoms with van der Waals surface area (Å²) in [5.41, 5.74) is 3.68. The van der Waals surface area contributed by atoms with Gasteiger partial charge in [0.15, 0.2) is 0 Å². The van der Waals surface area contributed by atoms with Crippen molar-refractivity contribution in [3.8, 4) is 5.75 Å². The molecule has 2 heteroatoms. The van der Waals surface area contributed by atoms with Crippen LogP contribution in [0.1, 0.15) is 16.7 Å². The molecule has 2 radical (unpaired) electrons. The van der Waals surface area contributed by atoms with Crippen LogP contribution in [0.4, 0.5) is 0 Å². The molecule has 0 N–H and O–H groups in total. The standard InChI is InChI=1S/C9H12O.Al/c1-6-4-5-7(2)9(10)8(6)3;/h4-5,10H,1-3H3;/q;+1/p-1. The Balaban J connectivity index is 3.29. The minimum atomic E-state index is 0.981. The molecule has 0 atom stereocenters. The highest BCUT2D eigenvalue weighted by atomic mass is 27.1. The van der Waals surface area contributed by atoms with Crippen LogP contribution in [0.15, 0.2) is 12.1 Å². The van der Waals surface area contributed by atoms with E-state index in [2.05, 4.69) is 42.6 Å². The first-order valence-electron chi connectivity index (χ1n) is 3.60. The van der Waals surface area contributed by atoms with Crippen LogP contribution in [0.2, 0.25) is 0 Å². The van der Waals surface area contributed by atoms with Crippen molar-refractivity contribution in [1.82, 2.24) is 0 Å². The fraction of sp³-hybridized carbons (Fsp3) is 0.333. The highest BCUT2D eigenvalue weighted by Gasteiger charge is 2.01. The molecule has 0 fully saturated rings. The van der Waals surface area contributed by atoms with Gasteiger partial charge in [-0.1, -0.05) is 12.1 Å². The Morgan fingerprint density at radius 2 is 1.64 bits per heavy atom. The third-order valence-corrected chi connectivity index (χ3v) is 2.23. The van der Waals surface area contributed by atoms with E-state index < -0.39 is 0 Å². The van der Waals surface area contributed by atoms with Gasteiger partial charge in [-0.3, -0.25) is 0 Å². The molecular weight excluding hydrogens is 151 g/mol. The zero-order valence-corrected chi connectivity index (χ0v) is 8.29. The molecule has 0 aliphatic rings. The normalized spacial score (nSPS) is 9.73. The Hall–Kier alpha value is -0.448. The second-order valence-electron chi connectivity index (χ2n) is 2.77. The van der Waals surface area contributed by atoms with Gasteiger partial charge in [0.05, 0.1) is 5.75 Å². The van der Waals surface area contributed by atoms with Gasteiger partial charge in [-0.05, 0) is 37.5 Å². The summed E-state index contributed by atoms with van der Waals surface area (Å²) in [6, 6.07) is 4.18. The lowest BCUT2D eigenvalue weighted by atomic mass is 10.1. The summed E-state index contributed by atoms with van der Waals surface area (Å²) in [7, 11) is 0. The molecule has 0 saturated carbocycles. The number of rotatable bonds is 1. The van der Waals surface area contributed by atoms with Crippen molar-refractivity contribution in [1.29, 1.82) is 0 Å². The minimum Gasteiger partial charge on any atom is -0.653 e. The van der Waals surface area contributed by atoms with Gasteiger partial charge in [0.25, 0.3) is 0 Å². The molecule has 0 spiro atoms. The van der Waals surface area contributed by atoms with Gasteiger partial charge in [0.1, 0.15) is 0 Å². The summed E-state index contributed by atoms with van der Waals surface area (Å²) in [4.78, 5) is 0. The van der Waals surface area contributed by atoms with Crippen molar-refractivity contribution in [2.45, 2.75) is 20.8 Å². The van der Waals surface area contributed by atoms with E-state index in [4.69, 9.17) is 3.79 Å². The third kappa shape index (κ3) is 1.58. The lowest BCUT2D eigenvalue weighted by molar-refractivity contribution is 0.603. The van der Waals surface area contributed by atoms with Crippen LogP contribution in [0.25, 0.3) is 0 Å². The zero-order chi connectivity index (χ0) is 8.43. The molecule has 0 bridgehead atoms. The second kappa shape index (κ2) is 3.30. The fourth-order valence-electron chi connectivity index (χ4n) is 1.11. The summed E-state index contributed by atoms with van der Waals surface area (Å²) in [6.45, 7) is 6.20. The molecule has 1 rings (SSSR count). The van der Waals surface area contributed by atoms with Crippen molar-refractivity contribution in [2.75, 3.05) is 0 Å². The molecule has 1 aromatic carbocycles. The van der Waals surface area contributed by atoms with Gasteiger partial charge in [0, 0.05) is 0 Å². The van der Waals surface area contributed by atoms with Crippen LogP contribution >= 0.6 is 0 Å². The van der Waals surface area contributed by atoms with Gasteiger partial charge < -0.3 is 3.79 Å². The van der Waals surface area contributed by atoms with E-state index in [-0.39, 0.29) is 0 Å². The highest BCUT2D eigenvalue weighted by molar-refractivity contribution is 6.00. The Bertz CT molecular complexity index is 269. The maximum Gasteiger partial charge on any atom is 0.482 e. The topological polar surface area (TPSA) is 9.23 Å². The van der Waals surface area contributed by atoms with E-state index in [0.717, 1.165) is 5.75 Å². The molecule has 0 unspecified atom stereocenters. The molecule has 56 valence electrons. The Morgan fingerprint density at radius 3 is 2.09 bits per heavy atom. The quantitative estimate of drug-likeness (QED) is 0.574. The van der Waals surface area contributed by atoms with Crippen molar-refractivity contribution in [3.63, 3.8) is 0 Å². The number of benzene rings is 1. The monoisotopic (exact) mass is 162 g/mol. The fourth-order valence-corrected chi connectivity index (χ4v) is 1.47. The SMILES string of the molecule is Cc1ccc(C)c([O][Al])c1C. The largest absolute Gasteiger partial charge is 0.653 e. The van der Waals surface area contributed by atoms with Crippen LogP contribution in [0, 0.1) is 20.8 Å². The maximum atomic E-state index is 5.17. The molecule has 0 heterocycles. The second-order valence-corrected chi connectivity index (χ2v) is 3.01. The van der Waals surface area contributed by atoms with E-state index in [9.17, 15) is 0 Å². The van der Waals surface area contributed by atoms with Gasteiger partial charge in [-0.2, -0.15) is 0 Å². The first kappa shape index (κ1) is 8.65. The van der Waals surface area contributed by atoms with Crippen LogP contribution < -0.4 is 3.79 Å². The van der Waals surface area contributed by atoms with E-state index in [1.807, 2.05) is 6.92 Å². The van der Waals surface area contributed by atoms with Crippen LogP contribution in [-0.2, 0) is 0 Å². The lowest BCUT2D eigenvalue weighted by Gasteiger charge is -2.12. The average Bonchev–Trinajstić information content (AvgIpc) is 1.99. The van der Waals surface area contributed by atoms with Crippen molar-refractivity contribution >= 4 is 16.6 Å². The van der Waals surface area contributed by atoms with Gasteiger partial charge >= 0.3 is 16.6 Å². The van der Waals surface area contributed by atoms with Gasteiger partial charge in [-0.25, -0.2) is 0 Å². The van der Waals surface area contributed by atoms with Crippen molar-refractivity contribution < 1.29 is 3.79 Å². The molecule has 0 aromatic heterocycles. The van der Waals surface area contributed by atoms with Crippen molar-refractivity contribution in [3.05, 3.63) is 28.8 Å². The van der Waals surface area contributed by atoms with E-state index in [0.29, 0.717) is 0 Å². The highest BCUT2D eigenvalue weighted by Crippen LogP contribution is 2.24. The molecule has 1 aromatic rings. The minimum absolute atomic E-state index is 0.981. The molecule has 0 saturated heterocycles. The third-order valence-electron chi connectivity index (χ3n) is 1.99. The van der Waals surface area contributed by atoms with Crippen LogP contribution in [0.5, 0.6) is 5.75 Å². The van der Waals surface area contributed by atoms with E-state index in [1.165, 1.54) is 16.7 Å². The van der Waals surface area contributed by atoms with Gasteiger partial charge in [-0.15, -0.1) is 0 Å². The summed E-state index contributed by atoms with van der Waals surface area (Å²) >= 11 is 2.28. The summed E-state index contributed by atoms with van der Waals surface area (Å²) < 4.78 is 5.17. The Morgan fingerprint density at radius 1 is 1.09 bits per heavy atom. The predicted octanol–water partition coefficient (Wildman–Crippen LogP) is 2.07. The number of hydrogen-bond donors (Lipinski definition) is 0. The first-order chi connectivity index (χ1) is 5.16. The molecule has 11 heavy (non-hydrogen) atoms. The molecule has 0 aliphatic heterocycles. The lowest BCUT2D eigenvalue weighted by Crippen LogP contribution is -1.93. The Kier molecular flexibility index (Phi) is 2.59.